The number of nitrogens with zero attached hydrogens (tertiary/aromatic N) is 3. The van der Waals surface area contributed by atoms with Crippen LogP contribution in [0.15, 0.2) is 27.1 Å². The van der Waals surface area contributed by atoms with Crippen LogP contribution >= 0.6 is 0 Å². The first kappa shape index (κ1) is 12.2. The predicted octanol–water partition coefficient (Wildman–Crippen LogP) is 1.10. The molecule has 0 saturated heterocycles. The van der Waals surface area contributed by atoms with Crippen LogP contribution in [-0.4, -0.2) is 25.0 Å². The van der Waals surface area contributed by atoms with Crippen molar-refractivity contribution >= 4 is 18.5 Å². The van der Waals surface area contributed by atoms with Crippen LogP contribution < -0.4 is 5.32 Å². The molecule has 1 heterocycles. The van der Waals surface area contributed by atoms with Crippen LogP contribution in [0.25, 0.3) is 0 Å². The lowest BCUT2D eigenvalue weighted by Gasteiger charge is -2.10. The molecule has 0 radical (unpaired) electrons. The number of rotatable bonds is 4. The minimum Gasteiger partial charge on any atom is -0.351 e. The molecule has 0 aliphatic carbocycles. The molecule has 1 aliphatic rings. The number of hydrogen-bond donors (Lipinski definition) is 1. The Kier molecular flexibility index (Phi) is 4.50. The van der Waals surface area contributed by atoms with Crippen molar-refractivity contribution in [1.82, 2.24) is 5.32 Å². The maximum atomic E-state index is 11.2. The van der Waals surface area contributed by atoms with Gasteiger partial charge in [-0.3, -0.25) is 14.8 Å². The number of aliphatic imine (C=N–C) groups is 2. The highest BCUT2D eigenvalue weighted by Gasteiger charge is 2.20. The summed E-state index contributed by atoms with van der Waals surface area (Å²) in [4.78, 5) is 29.5. The van der Waals surface area contributed by atoms with Crippen LogP contribution in [-0.2, 0) is 4.79 Å². The average Bonchev–Trinajstić information content (AvgIpc) is 2.30. The van der Waals surface area contributed by atoms with E-state index in [0.29, 0.717) is 12.2 Å². The van der Waals surface area contributed by atoms with E-state index in [1.165, 1.54) is 6.21 Å². The number of carbonyl (C=O) groups excluding carboxylic acids is 1. The third kappa shape index (κ3) is 3.38. The van der Waals surface area contributed by atoms with Crippen LogP contribution in [0.3, 0.4) is 0 Å². The smallest absolute Gasteiger partial charge is 0.294 e. The standard InChI is InChI=1S/C10H14N4O2/c1-7(2)9(10(15)14-16)5-13-8-3-11-6-12-4-8/h3,5-7,9H,4H2,1-2H3,(H,11,12). The summed E-state index contributed by atoms with van der Waals surface area (Å²) in [6, 6.07) is 0. The largest absolute Gasteiger partial charge is 0.351 e. The van der Waals surface area contributed by atoms with Gasteiger partial charge in [-0.15, -0.1) is 4.91 Å². The third-order valence-corrected chi connectivity index (χ3v) is 2.16. The highest BCUT2D eigenvalue weighted by molar-refractivity contribution is 5.94. The Balaban J connectivity index is 2.67. The first-order chi connectivity index (χ1) is 7.65. The van der Waals surface area contributed by atoms with Gasteiger partial charge in [0.1, 0.15) is 0 Å². The van der Waals surface area contributed by atoms with E-state index in [9.17, 15) is 9.70 Å². The molecule has 0 fully saturated rings. The average molecular weight is 222 g/mol. The van der Waals surface area contributed by atoms with Gasteiger partial charge in [-0.05, 0) is 5.92 Å². The lowest BCUT2D eigenvalue weighted by Crippen LogP contribution is -2.20. The van der Waals surface area contributed by atoms with Crippen molar-refractivity contribution in [3.05, 3.63) is 16.8 Å². The zero-order valence-corrected chi connectivity index (χ0v) is 9.25. The van der Waals surface area contributed by atoms with E-state index in [4.69, 9.17) is 0 Å². The molecule has 6 nitrogen and oxygen atoms in total. The molecular formula is C10H14N4O2. The Labute approximate surface area is 93.5 Å². The molecule has 0 spiro atoms. The van der Waals surface area contributed by atoms with Crippen molar-refractivity contribution in [1.29, 1.82) is 0 Å². The second-order valence-electron chi connectivity index (χ2n) is 3.75. The molecule has 1 unspecified atom stereocenters. The summed E-state index contributed by atoms with van der Waals surface area (Å²) in [5.41, 5.74) is 0.715. The molecule has 0 aromatic rings. The molecule has 1 atom stereocenters. The molecule has 0 aromatic carbocycles. The Morgan fingerprint density at radius 3 is 2.88 bits per heavy atom. The van der Waals surface area contributed by atoms with Gasteiger partial charge in [-0.2, -0.15) is 0 Å². The molecule has 16 heavy (non-hydrogen) atoms. The number of nitroso groups, excluding NO2 is 1. The highest BCUT2D eigenvalue weighted by Crippen LogP contribution is 2.11. The maximum Gasteiger partial charge on any atom is 0.294 e. The van der Waals surface area contributed by atoms with E-state index in [1.807, 2.05) is 13.8 Å². The van der Waals surface area contributed by atoms with Gasteiger partial charge >= 0.3 is 0 Å². The fourth-order valence-electron chi connectivity index (χ4n) is 1.21. The Hall–Kier alpha value is -1.85. The van der Waals surface area contributed by atoms with Gasteiger partial charge in [0.25, 0.3) is 5.91 Å². The molecule has 1 N–H and O–H groups in total. The minimum absolute atomic E-state index is 0.00500. The molecular weight excluding hydrogens is 208 g/mol. The van der Waals surface area contributed by atoms with E-state index in [2.05, 4.69) is 20.5 Å². The summed E-state index contributed by atoms with van der Waals surface area (Å²) >= 11 is 0. The molecule has 1 rings (SSSR count). The van der Waals surface area contributed by atoms with Crippen LogP contribution in [0.1, 0.15) is 13.8 Å². The monoisotopic (exact) mass is 222 g/mol. The number of carbonyl (C=O) groups is 1. The third-order valence-electron chi connectivity index (χ3n) is 2.16. The van der Waals surface area contributed by atoms with Crippen molar-refractivity contribution in [2.45, 2.75) is 13.8 Å². The van der Waals surface area contributed by atoms with Crippen molar-refractivity contribution in [2.24, 2.45) is 27.0 Å². The highest BCUT2D eigenvalue weighted by atomic mass is 16.3. The summed E-state index contributed by atoms with van der Waals surface area (Å²) in [5.74, 6) is -1.26. The fourth-order valence-corrected chi connectivity index (χ4v) is 1.21. The number of hydrogen-bond acceptors (Lipinski definition) is 5. The zero-order valence-electron chi connectivity index (χ0n) is 9.25. The Morgan fingerprint density at radius 1 is 1.62 bits per heavy atom. The maximum absolute atomic E-state index is 11.2. The molecule has 6 heteroatoms. The van der Waals surface area contributed by atoms with E-state index >= 15 is 0 Å². The molecule has 0 aromatic heterocycles. The number of amides is 1. The zero-order chi connectivity index (χ0) is 12.0. The Bertz CT molecular complexity index is 358. The van der Waals surface area contributed by atoms with E-state index in [0.717, 1.165) is 0 Å². The number of nitrogens with one attached hydrogen (secondary N) is 1. The normalized spacial score (nSPS) is 17.1. The molecule has 86 valence electrons. The van der Waals surface area contributed by atoms with Crippen molar-refractivity contribution < 1.29 is 4.79 Å². The summed E-state index contributed by atoms with van der Waals surface area (Å²) in [6.45, 7) is 4.15. The summed E-state index contributed by atoms with van der Waals surface area (Å²) in [6.07, 6.45) is 4.72. The van der Waals surface area contributed by atoms with Crippen LogP contribution in [0.4, 0.5) is 0 Å². The van der Waals surface area contributed by atoms with Crippen LogP contribution in [0, 0.1) is 16.7 Å². The SMILES string of the molecule is CC(C)C(C=NC1=CNC=NC1)C(=O)N=O. The second-order valence-corrected chi connectivity index (χ2v) is 3.75. The quantitative estimate of drug-likeness (QED) is 0.571. The van der Waals surface area contributed by atoms with Gasteiger partial charge in [-0.1, -0.05) is 13.8 Å². The van der Waals surface area contributed by atoms with Gasteiger partial charge < -0.3 is 5.32 Å². The van der Waals surface area contributed by atoms with E-state index < -0.39 is 11.8 Å². The lowest BCUT2D eigenvalue weighted by molar-refractivity contribution is -0.120. The Morgan fingerprint density at radius 2 is 2.38 bits per heavy atom. The fraction of sp³-hybridized carbons (Fsp3) is 0.500. The van der Waals surface area contributed by atoms with Crippen molar-refractivity contribution in [3.63, 3.8) is 0 Å². The molecule has 0 saturated carbocycles. The topological polar surface area (TPSA) is 83.2 Å². The summed E-state index contributed by atoms with van der Waals surface area (Å²) in [5, 5.41) is 5.22. The van der Waals surface area contributed by atoms with Crippen molar-refractivity contribution in [3.8, 4) is 0 Å². The summed E-state index contributed by atoms with van der Waals surface area (Å²) in [7, 11) is 0. The summed E-state index contributed by atoms with van der Waals surface area (Å²) < 4.78 is 0. The predicted molar refractivity (Wildman–Crippen MR) is 62.2 cm³/mol. The van der Waals surface area contributed by atoms with Crippen LogP contribution in [0.5, 0.6) is 0 Å². The van der Waals surface area contributed by atoms with Crippen molar-refractivity contribution in [2.75, 3.05) is 6.54 Å². The molecule has 1 amide bonds. The molecule has 0 bridgehead atoms. The van der Waals surface area contributed by atoms with Gasteiger partial charge in [0.05, 0.1) is 24.5 Å². The lowest BCUT2D eigenvalue weighted by atomic mass is 9.96. The minimum atomic E-state index is -0.688. The molecule has 1 aliphatic heterocycles. The van der Waals surface area contributed by atoms with Crippen LogP contribution in [0.2, 0.25) is 0 Å². The first-order valence-electron chi connectivity index (χ1n) is 5.00. The first-order valence-corrected chi connectivity index (χ1v) is 5.00. The van der Waals surface area contributed by atoms with E-state index in [-0.39, 0.29) is 5.92 Å². The van der Waals surface area contributed by atoms with Gasteiger partial charge in [0.15, 0.2) is 0 Å². The second kappa shape index (κ2) is 5.89. The van der Waals surface area contributed by atoms with E-state index in [1.54, 1.807) is 12.5 Å². The van der Waals surface area contributed by atoms with Gasteiger partial charge in [-0.25, -0.2) is 0 Å². The van der Waals surface area contributed by atoms with Gasteiger partial charge in [0, 0.05) is 17.6 Å². The van der Waals surface area contributed by atoms with Gasteiger partial charge in [0.2, 0.25) is 0 Å².